The SMILES string of the molecule is N[C@@H](C(=O)Nc1ccc(Cl)cc1C(=O)c1ccccc1)c1ccccc1. The van der Waals surface area contributed by atoms with Crippen LogP contribution in [-0.4, -0.2) is 11.7 Å². The largest absolute Gasteiger partial charge is 0.324 e. The molecule has 0 heterocycles. The number of nitrogens with two attached hydrogens (primary N) is 1. The van der Waals surface area contributed by atoms with Crippen LogP contribution in [0.2, 0.25) is 5.02 Å². The highest BCUT2D eigenvalue weighted by molar-refractivity contribution is 6.31. The third kappa shape index (κ3) is 3.99. The summed E-state index contributed by atoms with van der Waals surface area (Å²) in [5.41, 5.74) is 7.92. The summed E-state index contributed by atoms with van der Waals surface area (Å²) in [5, 5.41) is 3.15. The Balaban J connectivity index is 1.89. The third-order valence-electron chi connectivity index (χ3n) is 3.96. The normalized spacial score (nSPS) is 11.6. The van der Waals surface area contributed by atoms with Crippen molar-refractivity contribution in [3.8, 4) is 0 Å². The van der Waals surface area contributed by atoms with Crippen LogP contribution in [-0.2, 0) is 4.79 Å². The molecule has 3 aromatic carbocycles. The summed E-state index contributed by atoms with van der Waals surface area (Å²) in [7, 11) is 0. The van der Waals surface area contributed by atoms with Crippen molar-refractivity contribution in [2.24, 2.45) is 5.73 Å². The zero-order valence-electron chi connectivity index (χ0n) is 13.9. The van der Waals surface area contributed by atoms with Gasteiger partial charge in [-0.05, 0) is 23.8 Å². The molecular weight excluding hydrogens is 348 g/mol. The van der Waals surface area contributed by atoms with Crippen LogP contribution in [0, 0.1) is 0 Å². The van der Waals surface area contributed by atoms with Gasteiger partial charge in [0.1, 0.15) is 6.04 Å². The standard InChI is InChI=1S/C21H17ClN2O2/c22-16-11-12-18(17(13-16)20(25)15-9-5-2-6-10-15)24-21(26)19(23)14-7-3-1-4-8-14/h1-13,19H,23H2,(H,24,26)/t19-/m1/s1. The maximum absolute atomic E-state index is 12.8. The quantitative estimate of drug-likeness (QED) is 0.666. The highest BCUT2D eigenvalue weighted by atomic mass is 35.5. The van der Waals surface area contributed by atoms with E-state index in [9.17, 15) is 9.59 Å². The summed E-state index contributed by atoms with van der Waals surface area (Å²) in [6.45, 7) is 0. The summed E-state index contributed by atoms with van der Waals surface area (Å²) in [6, 6.07) is 21.8. The summed E-state index contributed by atoms with van der Waals surface area (Å²) in [5.74, 6) is -0.627. The average molecular weight is 365 g/mol. The predicted molar refractivity (Wildman–Crippen MR) is 103 cm³/mol. The molecule has 0 radical (unpaired) electrons. The summed E-state index contributed by atoms with van der Waals surface area (Å²) < 4.78 is 0. The summed E-state index contributed by atoms with van der Waals surface area (Å²) in [6.07, 6.45) is 0. The Morgan fingerprint density at radius 1 is 0.885 bits per heavy atom. The second kappa shape index (κ2) is 7.95. The second-order valence-corrected chi connectivity index (χ2v) is 6.20. The number of carbonyl (C=O) groups is 2. The van der Waals surface area contributed by atoms with Crippen molar-refractivity contribution in [1.82, 2.24) is 0 Å². The lowest BCUT2D eigenvalue weighted by Crippen LogP contribution is -2.28. The van der Waals surface area contributed by atoms with Crippen LogP contribution in [0.5, 0.6) is 0 Å². The van der Waals surface area contributed by atoms with Crippen molar-refractivity contribution in [3.05, 3.63) is 101 Å². The minimum Gasteiger partial charge on any atom is -0.324 e. The zero-order chi connectivity index (χ0) is 18.5. The van der Waals surface area contributed by atoms with Gasteiger partial charge in [-0.25, -0.2) is 0 Å². The first kappa shape index (κ1) is 17.9. The maximum atomic E-state index is 12.8. The number of anilines is 1. The van der Waals surface area contributed by atoms with E-state index in [1.807, 2.05) is 24.3 Å². The number of rotatable bonds is 5. The van der Waals surface area contributed by atoms with Gasteiger partial charge in [0, 0.05) is 16.1 Å². The van der Waals surface area contributed by atoms with Gasteiger partial charge in [0.15, 0.2) is 5.78 Å². The fourth-order valence-corrected chi connectivity index (χ4v) is 2.75. The van der Waals surface area contributed by atoms with Crippen LogP contribution in [0.25, 0.3) is 0 Å². The number of halogens is 1. The van der Waals surface area contributed by atoms with Gasteiger partial charge in [0.2, 0.25) is 5.91 Å². The fourth-order valence-electron chi connectivity index (χ4n) is 2.58. The first-order valence-electron chi connectivity index (χ1n) is 8.07. The Morgan fingerprint density at radius 2 is 1.50 bits per heavy atom. The van der Waals surface area contributed by atoms with E-state index in [0.717, 1.165) is 0 Å². The van der Waals surface area contributed by atoms with Crippen molar-refractivity contribution in [2.75, 3.05) is 5.32 Å². The molecule has 3 rings (SSSR count). The number of amides is 1. The minimum atomic E-state index is -0.841. The molecule has 0 aliphatic rings. The smallest absolute Gasteiger partial charge is 0.245 e. The molecule has 1 amide bonds. The number of ketones is 1. The van der Waals surface area contributed by atoms with Gasteiger partial charge in [-0.15, -0.1) is 0 Å². The number of hydrogen-bond acceptors (Lipinski definition) is 3. The number of carbonyl (C=O) groups excluding carboxylic acids is 2. The summed E-state index contributed by atoms with van der Waals surface area (Å²) >= 11 is 6.05. The van der Waals surface area contributed by atoms with Gasteiger partial charge >= 0.3 is 0 Å². The highest BCUT2D eigenvalue weighted by Gasteiger charge is 2.20. The number of benzene rings is 3. The van der Waals surface area contributed by atoms with Gasteiger partial charge in [0.25, 0.3) is 0 Å². The van der Waals surface area contributed by atoms with E-state index in [4.69, 9.17) is 17.3 Å². The monoisotopic (exact) mass is 364 g/mol. The van der Waals surface area contributed by atoms with Gasteiger partial charge in [-0.3, -0.25) is 9.59 Å². The molecule has 0 bridgehead atoms. The molecule has 0 spiro atoms. The first-order valence-corrected chi connectivity index (χ1v) is 8.45. The van der Waals surface area contributed by atoms with Crippen LogP contribution in [0.1, 0.15) is 27.5 Å². The molecule has 0 aliphatic heterocycles. The Hall–Kier alpha value is -2.95. The lowest BCUT2D eigenvalue weighted by Gasteiger charge is -2.15. The van der Waals surface area contributed by atoms with E-state index in [2.05, 4.69) is 5.32 Å². The molecule has 0 aromatic heterocycles. The maximum Gasteiger partial charge on any atom is 0.245 e. The summed E-state index contributed by atoms with van der Waals surface area (Å²) in [4.78, 5) is 25.3. The predicted octanol–water partition coefficient (Wildman–Crippen LogP) is 4.21. The molecule has 0 unspecified atom stereocenters. The van der Waals surface area contributed by atoms with Crippen LogP contribution in [0.4, 0.5) is 5.69 Å². The number of hydrogen-bond donors (Lipinski definition) is 2. The Morgan fingerprint density at radius 3 is 2.15 bits per heavy atom. The average Bonchev–Trinajstić information content (AvgIpc) is 2.69. The molecule has 130 valence electrons. The van der Waals surface area contributed by atoms with E-state index >= 15 is 0 Å². The molecule has 0 saturated carbocycles. The Kier molecular flexibility index (Phi) is 5.46. The fraction of sp³-hybridized carbons (Fsp3) is 0.0476. The van der Waals surface area contributed by atoms with Crippen LogP contribution >= 0.6 is 11.6 Å². The molecule has 0 saturated heterocycles. The molecule has 26 heavy (non-hydrogen) atoms. The second-order valence-electron chi connectivity index (χ2n) is 5.76. The molecule has 0 fully saturated rings. The lowest BCUT2D eigenvalue weighted by molar-refractivity contribution is -0.117. The Labute approximate surface area is 156 Å². The van der Waals surface area contributed by atoms with Gasteiger partial charge < -0.3 is 11.1 Å². The van der Waals surface area contributed by atoms with Crippen molar-refractivity contribution < 1.29 is 9.59 Å². The van der Waals surface area contributed by atoms with Crippen molar-refractivity contribution in [1.29, 1.82) is 0 Å². The van der Waals surface area contributed by atoms with Crippen LogP contribution in [0.15, 0.2) is 78.9 Å². The van der Waals surface area contributed by atoms with Gasteiger partial charge in [0.05, 0.1) is 5.69 Å². The zero-order valence-corrected chi connectivity index (χ0v) is 14.6. The van der Waals surface area contributed by atoms with E-state index < -0.39 is 11.9 Å². The lowest BCUT2D eigenvalue weighted by atomic mass is 10.0. The first-order chi connectivity index (χ1) is 12.6. The highest BCUT2D eigenvalue weighted by Crippen LogP contribution is 2.25. The van der Waals surface area contributed by atoms with E-state index in [1.165, 1.54) is 0 Å². The van der Waals surface area contributed by atoms with Crippen molar-refractivity contribution in [2.45, 2.75) is 6.04 Å². The topological polar surface area (TPSA) is 72.2 Å². The van der Waals surface area contributed by atoms with Crippen molar-refractivity contribution in [3.63, 3.8) is 0 Å². The van der Waals surface area contributed by atoms with Gasteiger partial charge in [-0.2, -0.15) is 0 Å². The van der Waals surface area contributed by atoms with E-state index in [0.29, 0.717) is 27.4 Å². The molecule has 1 atom stereocenters. The molecule has 3 N–H and O–H groups in total. The van der Waals surface area contributed by atoms with E-state index in [1.54, 1.807) is 54.6 Å². The van der Waals surface area contributed by atoms with E-state index in [-0.39, 0.29) is 5.78 Å². The molecular formula is C21H17ClN2O2. The van der Waals surface area contributed by atoms with Gasteiger partial charge in [-0.1, -0.05) is 72.3 Å². The van der Waals surface area contributed by atoms with Crippen LogP contribution < -0.4 is 11.1 Å². The number of nitrogens with one attached hydrogen (secondary N) is 1. The molecule has 3 aromatic rings. The Bertz CT molecular complexity index is 927. The van der Waals surface area contributed by atoms with Crippen LogP contribution in [0.3, 0.4) is 0 Å². The minimum absolute atomic E-state index is 0.225. The molecule has 5 heteroatoms. The molecule has 0 aliphatic carbocycles. The molecule has 4 nitrogen and oxygen atoms in total. The van der Waals surface area contributed by atoms with Crippen molar-refractivity contribution >= 4 is 29.0 Å². The third-order valence-corrected chi connectivity index (χ3v) is 4.20.